The van der Waals surface area contributed by atoms with Crippen LogP contribution < -0.4 is 5.32 Å². The summed E-state index contributed by atoms with van der Waals surface area (Å²) >= 11 is 2.09. The third-order valence-electron chi connectivity index (χ3n) is 2.95. The highest BCUT2D eigenvalue weighted by Gasteiger charge is 2.23. The minimum absolute atomic E-state index is 0.391. The lowest BCUT2D eigenvalue weighted by Crippen LogP contribution is -2.45. The Bertz CT molecular complexity index is 145. The molecule has 1 nitrogen and oxygen atoms in total. The average Bonchev–Trinajstić information content (AvgIpc) is 2.04. The van der Waals surface area contributed by atoms with Gasteiger partial charge in [-0.3, -0.25) is 0 Å². The molecule has 0 saturated carbocycles. The molecule has 0 amide bonds. The van der Waals surface area contributed by atoms with Crippen molar-refractivity contribution in [3.63, 3.8) is 0 Å². The second-order valence-electron chi connectivity index (χ2n) is 5.17. The molecule has 2 atom stereocenters. The molecule has 2 unspecified atom stereocenters. The van der Waals surface area contributed by atoms with Gasteiger partial charge >= 0.3 is 0 Å². The van der Waals surface area contributed by atoms with Gasteiger partial charge < -0.3 is 5.32 Å². The molecule has 1 rings (SSSR count). The summed E-state index contributed by atoms with van der Waals surface area (Å²) in [6, 6.07) is 1.38. The fourth-order valence-electron chi connectivity index (χ4n) is 1.48. The van der Waals surface area contributed by atoms with Gasteiger partial charge in [0.25, 0.3) is 0 Å². The molecule has 1 aliphatic rings. The van der Waals surface area contributed by atoms with Crippen LogP contribution in [0.25, 0.3) is 0 Å². The predicted molar refractivity (Wildman–Crippen MR) is 62.4 cm³/mol. The summed E-state index contributed by atoms with van der Waals surface area (Å²) in [5, 5.41) is 3.74. The fraction of sp³-hybridized carbons (Fsp3) is 1.00. The van der Waals surface area contributed by atoms with Crippen molar-refractivity contribution in [2.45, 2.75) is 52.6 Å². The van der Waals surface area contributed by atoms with Gasteiger partial charge in [-0.15, -0.1) is 0 Å². The molecule has 0 bridgehead atoms. The van der Waals surface area contributed by atoms with E-state index in [-0.39, 0.29) is 0 Å². The molecule has 0 aromatic rings. The lowest BCUT2D eigenvalue weighted by atomic mass is 9.87. The Morgan fingerprint density at radius 3 is 2.54 bits per heavy atom. The normalized spacial score (nSPS) is 27.2. The van der Waals surface area contributed by atoms with Crippen LogP contribution >= 0.6 is 11.8 Å². The van der Waals surface area contributed by atoms with Gasteiger partial charge in [0.1, 0.15) is 0 Å². The molecule has 0 aromatic heterocycles. The van der Waals surface area contributed by atoms with Crippen molar-refractivity contribution in [2.24, 2.45) is 5.41 Å². The summed E-state index contributed by atoms with van der Waals surface area (Å²) < 4.78 is 0. The first-order valence-corrected chi connectivity index (χ1v) is 6.49. The van der Waals surface area contributed by atoms with E-state index in [0.29, 0.717) is 11.5 Å². The lowest BCUT2D eigenvalue weighted by Gasteiger charge is -2.33. The summed E-state index contributed by atoms with van der Waals surface area (Å²) in [6.07, 6.45) is 2.76. The second kappa shape index (κ2) is 4.70. The van der Waals surface area contributed by atoms with Gasteiger partial charge in [-0.05, 0) is 30.9 Å². The number of nitrogens with one attached hydrogen (secondary N) is 1. The zero-order chi connectivity index (χ0) is 9.90. The van der Waals surface area contributed by atoms with Crippen molar-refractivity contribution in [1.82, 2.24) is 5.32 Å². The Morgan fingerprint density at radius 2 is 2.08 bits per heavy atom. The van der Waals surface area contributed by atoms with Crippen LogP contribution in [0, 0.1) is 5.41 Å². The first-order chi connectivity index (χ1) is 6.00. The van der Waals surface area contributed by atoms with E-state index in [0.717, 1.165) is 6.04 Å². The van der Waals surface area contributed by atoms with Crippen LogP contribution in [0.3, 0.4) is 0 Å². The van der Waals surface area contributed by atoms with Crippen molar-refractivity contribution in [3.8, 4) is 0 Å². The van der Waals surface area contributed by atoms with E-state index >= 15 is 0 Å². The number of thioether (sulfide) groups is 1. The zero-order valence-electron chi connectivity index (χ0n) is 9.39. The quantitative estimate of drug-likeness (QED) is 0.737. The van der Waals surface area contributed by atoms with Crippen molar-refractivity contribution in [1.29, 1.82) is 0 Å². The third kappa shape index (κ3) is 3.90. The molecule has 0 spiro atoms. The van der Waals surface area contributed by atoms with Crippen LogP contribution in [-0.4, -0.2) is 23.6 Å². The summed E-state index contributed by atoms with van der Waals surface area (Å²) in [5.74, 6) is 2.67. The van der Waals surface area contributed by atoms with E-state index in [1.807, 2.05) is 0 Å². The molecule has 13 heavy (non-hydrogen) atoms. The minimum atomic E-state index is 0.391. The summed E-state index contributed by atoms with van der Waals surface area (Å²) in [5.41, 5.74) is 0.391. The summed E-state index contributed by atoms with van der Waals surface area (Å²) in [7, 11) is 0. The molecule has 1 fully saturated rings. The maximum absolute atomic E-state index is 3.74. The van der Waals surface area contributed by atoms with Crippen LogP contribution in [0.1, 0.15) is 40.5 Å². The topological polar surface area (TPSA) is 12.0 Å². The highest BCUT2D eigenvalue weighted by molar-refractivity contribution is 7.99. The smallest absolute Gasteiger partial charge is 0.0161 e. The average molecular weight is 201 g/mol. The SMILES string of the molecule is CC(NC1CCCSC1)C(C)(C)C. The van der Waals surface area contributed by atoms with E-state index in [1.54, 1.807) is 0 Å². The standard InChI is InChI=1S/C11H23NS/c1-9(11(2,3)4)12-10-6-5-7-13-8-10/h9-10,12H,5-8H2,1-4H3. The molecular weight excluding hydrogens is 178 g/mol. The van der Waals surface area contributed by atoms with Gasteiger partial charge in [0.15, 0.2) is 0 Å². The van der Waals surface area contributed by atoms with E-state index in [1.165, 1.54) is 24.3 Å². The third-order valence-corrected chi connectivity index (χ3v) is 4.16. The summed E-state index contributed by atoms with van der Waals surface area (Å²) in [6.45, 7) is 9.22. The maximum atomic E-state index is 3.74. The monoisotopic (exact) mass is 201 g/mol. The Labute approximate surface area is 87.1 Å². The van der Waals surface area contributed by atoms with E-state index in [9.17, 15) is 0 Å². The Kier molecular flexibility index (Phi) is 4.11. The minimum Gasteiger partial charge on any atom is -0.310 e. The van der Waals surface area contributed by atoms with Crippen LogP contribution in [-0.2, 0) is 0 Å². The molecule has 1 N–H and O–H groups in total. The Hall–Kier alpha value is 0.310. The van der Waals surface area contributed by atoms with Crippen LogP contribution in [0.5, 0.6) is 0 Å². The van der Waals surface area contributed by atoms with Crippen molar-refractivity contribution >= 4 is 11.8 Å². The van der Waals surface area contributed by atoms with Gasteiger partial charge in [-0.25, -0.2) is 0 Å². The molecular formula is C11H23NS. The van der Waals surface area contributed by atoms with Gasteiger partial charge in [-0.1, -0.05) is 20.8 Å². The number of hydrogen-bond donors (Lipinski definition) is 1. The van der Waals surface area contributed by atoms with E-state index in [4.69, 9.17) is 0 Å². The van der Waals surface area contributed by atoms with Crippen LogP contribution in [0.2, 0.25) is 0 Å². The Morgan fingerprint density at radius 1 is 1.38 bits per heavy atom. The van der Waals surface area contributed by atoms with Gasteiger partial charge in [0.2, 0.25) is 0 Å². The number of rotatable bonds is 2. The fourth-order valence-corrected chi connectivity index (χ4v) is 2.56. The highest BCUT2D eigenvalue weighted by atomic mass is 32.2. The molecule has 78 valence electrons. The molecule has 2 heteroatoms. The number of hydrogen-bond acceptors (Lipinski definition) is 2. The predicted octanol–water partition coefficient (Wildman–Crippen LogP) is 2.91. The zero-order valence-corrected chi connectivity index (χ0v) is 10.2. The molecule has 1 saturated heterocycles. The van der Waals surface area contributed by atoms with Gasteiger partial charge in [0.05, 0.1) is 0 Å². The summed E-state index contributed by atoms with van der Waals surface area (Å²) in [4.78, 5) is 0. The molecule has 0 aliphatic carbocycles. The molecule has 0 aromatic carbocycles. The van der Waals surface area contributed by atoms with E-state index < -0.39 is 0 Å². The van der Waals surface area contributed by atoms with Gasteiger partial charge in [0, 0.05) is 17.8 Å². The van der Waals surface area contributed by atoms with Crippen molar-refractivity contribution in [2.75, 3.05) is 11.5 Å². The van der Waals surface area contributed by atoms with Crippen molar-refractivity contribution in [3.05, 3.63) is 0 Å². The first-order valence-electron chi connectivity index (χ1n) is 5.34. The van der Waals surface area contributed by atoms with E-state index in [2.05, 4.69) is 44.8 Å². The largest absolute Gasteiger partial charge is 0.310 e. The van der Waals surface area contributed by atoms with Gasteiger partial charge in [-0.2, -0.15) is 11.8 Å². The Balaban J connectivity index is 2.30. The maximum Gasteiger partial charge on any atom is 0.0161 e. The lowest BCUT2D eigenvalue weighted by molar-refractivity contribution is 0.263. The first kappa shape index (κ1) is 11.4. The molecule has 0 radical (unpaired) electrons. The van der Waals surface area contributed by atoms with Crippen LogP contribution in [0.4, 0.5) is 0 Å². The molecule has 1 aliphatic heterocycles. The second-order valence-corrected chi connectivity index (χ2v) is 6.32. The highest BCUT2D eigenvalue weighted by Crippen LogP contribution is 2.22. The van der Waals surface area contributed by atoms with Crippen molar-refractivity contribution < 1.29 is 0 Å². The van der Waals surface area contributed by atoms with Crippen LogP contribution in [0.15, 0.2) is 0 Å². The molecule has 1 heterocycles.